The summed E-state index contributed by atoms with van der Waals surface area (Å²) in [5.41, 5.74) is 0. The van der Waals surface area contributed by atoms with E-state index in [-0.39, 0.29) is 11.8 Å². The predicted octanol–water partition coefficient (Wildman–Crippen LogP) is -0.304. The molecule has 5 heteroatoms. The summed E-state index contributed by atoms with van der Waals surface area (Å²) in [6.07, 6.45) is 3.71. The Morgan fingerprint density at radius 2 is 1.67 bits per heavy atom. The van der Waals surface area contributed by atoms with Crippen molar-refractivity contribution in [3.8, 4) is 0 Å². The van der Waals surface area contributed by atoms with E-state index in [1.54, 1.807) is 4.90 Å². The SMILES string of the molecule is O=C(CO)N1CCN(C(=O)C2CC2C2CC2)CC1. The fourth-order valence-electron chi connectivity index (χ4n) is 3.05. The van der Waals surface area contributed by atoms with Crippen molar-refractivity contribution < 1.29 is 14.7 Å². The minimum atomic E-state index is -0.430. The molecule has 2 saturated carbocycles. The molecule has 2 amide bonds. The highest BCUT2D eigenvalue weighted by atomic mass is 16.3. The Labute approximate surface area is 107 Å². The van der Waals surface area contributed by atoms with Crippen LogP contribution in [0, 0.1) is 17.8 Å². The molecular weight excluding hydrogens is 232 g/mol. The average molecular weight is 252 g/mol. The number of carbonyl (C=O) groups excluding carboxylic acids is 2. The molecule has 0 spiro atoms. The number of rotatable bonds is 3. The first-order valence-electron chi connectivity index (χ1n) is 6.88. The van der Waals surface area contributed by atoms with Crippen LogP contribution in [0.3, 0.4) is 0 Å². The van der Waals surface area contributed by atoms with E-state index in [4.69, 9.17) is 5.11 Å². The molecule has 0 radical (unpaired) electrons. The van der Waals surface area contributed by atoms with E-state index in [1.165, 1.54) is 12.8 Å². The molecule has 0 aromatic carbocycles. The van der Waals surface area contributed by atoms with Crippen LogP contribution in [-0.2, 0) is 9.59 Å². The molecule has 2 atom stereocenters. The van der Waals surface area contributed by atoms with E-state index >= 15 is 0 Å². The van der Waals surface area contributed by atoms with E-state index in [2.05, 4.69) is 0 Å². The van der Waals surface area contributed by atoms with Crippen LogP contribution in [0.2, 0.25) is 0 Å². The van der Waals surface area contributed by atoms with Gasteiger partial charge in [-0.15, -0.1) is 0 Å². The van der Waals surface area contributed by atoms with Crippen LogP contribution >= 0.6 is 0 Å². The van der Waals surface area contributed by atoms with Crippen molar-refractivity contribution in [1.82, 2.24) is 9.80 Å². The second-order valence-electron chi connectivity index (χ2n) is 5.71. The highest BCUT2D eigenvalue weighted by Gasteiger charge is 2.52. The summed E-state index contributed by atoms with van der Waals surface area (Å²) in [4.78, 5) is 27.1. The van der Waals surface area contributed by atoms with Crippen LogP contribution in [0.5, 0.6) is 0 Å². The van der Waals surface area contributed by atoms with Gasteiger partial charge in [0.25, 0.3) is 0 Å². The van der Waals surface area contributed by atoms with Crippen LogP contribution in [0.1, 0.15) is 19.3 Å². The quantitative estimate of drug-likeness (QED) is 0.750. The maximum atomic E-state index is 12.2. The number of amides is 2. The molecule has 1 saturated heterocycles. The number of aliphatic hydroxyl groups excluding tert-OH is 1. The van der Waals surface area contributed by atoms with Gasteiger partial charge in [0.15, 0.2) is 0 Å². The summed E-state index contributed by atoms with van der Waals surface area (Å²) in [6, 6.07) is 0. The van der Waals surface area contributed by atoms with Crippen LogP contribution < -0.4 is 0 Å². The van der Waals surface area contributed by atoms with Crippen molar-refractivity contribution in [3.63, 3.8) is 0 Å². The molecule has 1 N–H and O–H groups in total. The molecule has 2 unspecified atom stereocenters. The highest BCUT2D eigenvalue weighted by Crippen LogP contribution is 2.54. The lowest BCUT2D eigenvalue weighted by Crippen LogP contribution is -2.51. The van der Waals surface area contributed by atoms with E-state index < -0.39 is 6.61 Å². The lowest BCUT2D eigenvalue weighted by atomic mass is 10.2. The van der Waals surface area contributed by atoms with Crippen LogP contribution in [-0.4, -0.2) is 59.5 Å². The van der Waals surface area contributed by atoms with Crippen LogP contribution in [0.25, 0.3) is 0 Å². The van der Waals surface area contributed by atoms with Gasteiger partial charge in [-0.25, -0.2) is 0 Å². The van der Waals surface area contributed by atoms with E-state index in [0.29, 0.717) is 38.0 Å². The molecule has 2 aliphatic carbocycles. The second-order valence-corrected chi connectivity index (χ2v) is 5.71. The van der Waals surface area contributed by atoms with Crippen LogP contribution in [0.15, 0.2) is 0 Å². The monoisotopic (exact) mass is 252 g/mol. The summed E-state index contributed by atoms with van der Waals surface area (Å²) < 4.78 is 0. The molecular formula is C13H20N2O3. The van der Waals surface area contributed by atoms with Gasteiger partial charge in [0, 0.05) is 32.1 Å². The topological polar surface area (TPSA) is 60.9 Å². The number of carbonyl (C=O) groups is 2. The van der Waals surface area contributed by atoms with Gasteiger partial charge < -0.3 is 14.9 Å². The fourth-order valence-corrected chi connectivity index (χ4v) is 3.05. The van der Waals surface area contributed by atoms with Gasteiger partial charge in [-0.2, -0.15) is 0 Å². The summed E-state index contributed by atoms with van der Waals surface area (Å²) in [5, 5.41) is 8.79. The van der Waals surface area contributed by atoms with Gasteiger partial charge in [0.1, 0.15) is 6.61 Å². The number of piperazine rings is 1. The Bertz CT molecular complexity index is 359. The highest BCUT2D eigenvalue weighted by molar-refractivity contribution is 5.82. The van der Waals surface area contributed by atoms with Crippen molar-refractivity contribution in [2.45, 2.75) is 19.3 Å². The third kappa shape index (κ3) is 2.23. The Hall–Kier alpha value is -1.10. The Morgan fingerprint density at radius 1 is 1.06 bits per heavy atom. The zero-order valence-corrected chi connectivity index (χ0v) is 10.5. The predicted molar refractivity (Wildman–Crippen MR) is 64.6 cm³/mol. The third-order valence-electron chi connectivity index (χ3n) is 4.46. The maximum absolute atomic E-state index is 12.2. The average Bonchev–Trinajstić information content (AvgIpc) is 3.28. The molecule has 3 rings (SSSR count). The smallest absolute Gasteiger partial charge is 0.248 e. The van der Waals surface area contributed by atoms with Gasteiger partial charge in [0.2, 0.25) is 11.8 Å². The first-order valence-corrected chi connectivity index (χ1v) is 6.88. The maximum Gasteiger partial charge on any atom is 0.248 e. The van der Waals surface area contributed by atoms with Gasteiger partial charge in [0.05, 0.1) is 0 Å². The number of nitrogens with zero attached hydrogens (tertiary/aromatic N) is 2. The third-order valence-corrected chi connectivity index (χ3v) is 4.46. The molecule has 0 aromatic rings. The molecule has 100 valence electrons. The van der Waals surface area contributed by atoms with E-state index in [1.807, 2.05) is 4.90 Å². The number of aliphatic hydroxyl groups is 1. The molecule has 3 aliphatic rings. The lowest BCUT2D eigenvalue weighted by molar-refractivity contribution is -0.142. The van der Waals surface area contributed by atoms with Gasteiger partial charge >= 0.3 is 0 Å². The van der Waals surface area contributed by atoms with Crippen molar-refractivity contribution in [1.29, 1.82) is 0 Å². The molecule has 0 bridgehead atoms. The first-order chi connectivity index (χ1) is 8.70. The summed E-state index contributed by atoms with van der Waals surface area (Å²) >= 11 is 0. The zero-order chi connectivity index (χ0) is 12.7. The molecule has 3 fully saturated rings. The fraction of sp³-hybridized carbons (Fsp3) is 0.846. The summed E-state index contributed by atoms with van der Waals surface area (Å²) in [5.74, 6) is 1.83. The Balaban J connectivity index is 1.47. The number of hydrogen-bond acceptors (Lipinski definition) is 3. The molecule has 0 aromatic heterocycles. The van der Waals surface area contributed by atoms with Crippen molar-refractivity contribution in [3.05, 3.63) is 0 Å². The normalized spacial score (nSPS) is 31.4. The largest absolute Gasteiger partial charge is 0.387 e. The molecule has 5 nitrogen and oxygen atoms in total. The zero-order valence-electron chi connectivity index (χ0n) is 10.5. The molecule has 1 aliphatic heterocycles. The second kappa shape index (κ2) is 4.53. The Kier molecular flexibility index (Phi) is 3.01. The minimum absolute atomic E-state index is 0.232. The van der Waals surface area contributed by atoms with Crippen molar-refractivity contribution in [2.75, 3.05) is 32.8 Å². The van der Waals surface area contributed by atoms with Crippen molar-refractivity contribution in [2.24, 2.45) is 17.8 Å². The van der Waals surface area contributed by atoms with E-state index in [9.17, 15) is 9.59 Å². The Morgan fingerprint density at radius 3 is 2.22 bits per heavy atom. The van der Waals surface area contributed by atoms with E-state index in [0.717, 1.165) is 12.3 Å². The first kappa shape index (κ1) is 12.0. The van der Waals surface area contributed by atoms with Gasteiger partial charge in [-0.1, -0.05) is 0 Å². The minimum Gasteiger partial charge on any atom is -0.387 e. The molecule has 18 heavy (non-hydrogen) atoms. The van der Waals surface area contributed by atoms with Gasteiger partial charge in [-0.3, -0.25) is 9.59 Å². The summed E-state index contributed by atoms with van der Waals surface area (Å²) in [6.45, 7) is 1.94. The lowest BCUT2D eigenvalue weighted by Gasteiger charge is -2.34. The van der Waals surface area contributed by atoms with Gasteiger partial charge in [-0.05, 0) is 31.1 Å². The van der Waals surface area contributed by atoms with Crippen LogP contribution in [0.4, 0.5) is 0 Å². The molecule has 1 heterocycles. The standard InChI is InChI=1S/C13H20N2O3/c16-8-12(17)14-3-5-15(6-4-14)13(18)11-7-10(11)9-1-2-9/h9-11,16H,1-8H2. The number of hydrogen-bond donors (Lipinski definition) is 1. The van der Waals surface area contributed by atoms with Crippen molar-refractivity contribution >= 4 is 11.8 Å². The summed E-state index contributed by atoms with van der Waals surface area (Å²) in [7, 11) is 0.